The molecule has 0 bridgehead atoms. The fourth-order valence-corrected chi connectivity index (χ4v) is 3.59. The van der Waals surface area contributed by atoms with Gasteiger partial charge >= 0.3 is 0 Å². The zero-order chi connectivity index (χ0) is 13.1. The Morgan fingerprint density at radius 2 is 2.21 bits per heavy atom. The molecule has 2 aliphatic rings. The van der Waals surface area contributed by atoms with Crippen molar-refractivity contribution in [2.24, 2.45) is 5.92 Å². The Morgan fingerprint density at radius 3 is 3.00 bits per heavy atom. The monoisotopic (exact) mass is 260 g/mol. The first kappa shape index (κ1) is 12.9. The normalized spacial score (nSPS) is 28.6. The van der Waals surface area contributed by atoms with E-state index in [-0.39, 0.29) is 0 Å². The van der Waals surface area contributed by atoms with E-state index in [1.165, 1.54) is 50.9 Å². The Hall–Kier alpha value is -1.06. The first-order valence-corrected chi connectivity index (χ1v) is 7.55. The molecular weight excluding hydrogens is 236 g/mol. The van der Waals surface area contributed by atoms with Gasteiger partial charge in [0.25, 0.3) is 0 Å². The number of benzene rings is 1. The molecular formula is C16H24N2O. The van der Waals surface area contributed by atoms with E-state index in [1.54, 1.807) is 6.07 Å². The van der Waals surface area contributed by atoms with Crippen LogP contribution in [0.25, 0.3) is 0 Å². The Bertz CT molecular complexity index is 415. The molecule has 0 amide bonds. The molecule has 2 N–H and O–H groups in total. The summed E-state index contributed by atoms with van der Waals surface area (Å²) in [4.78, 5) is 2.54. The van der Waals surface area contributed by atoms with E-state index in [9.17, 15) is 5.11 Å². The largest absolute Gasteiger partial charge is 0.508 e. The average molecular weight is 260 g/mol. The number of rotatable bonds is 3. The minimum Gasteiger partial charge on any atom is -0.508 e. The summed E-state index contributed by atoms with van der Waals surface area (Å²) >= 11 is 0. The summed E-state index contributed by atoms with van der Waals surface area (Å²) < 4.78 is 0. The second kappa shape index (κ2) is 5.93. The lowest BCUT2D eigenvalue weighted by atomic mass is 9.89. The van der Waals surface area contributed by atoms with Crippen LogP contribution in [0.3, 0.4) is 0 Å². The van der Waals surface area contributed by atoms with Gasteiger partial charge in [0.15, 0.2) is 0 Å². The van der Waals surface area contributed by atoms with Crippen LogP contribution in [0, 0.1) is 5.92 Å². The minimum atomic E-state index is 0.378. The smallest absolute Gasteiger partial charge is 0.115 e. The molecule has 2 heterocycles. The summed E-state index contributed by atoms with van der Waals surface area (Å²) in [6.45, 7) is 4.57. The van der Waals surface area contributed by atoms with Gasteiger partial charge in [-0.05, 0) is 62.4 Å². The van der Waals surface area contributed by atoms with E-state index in [1.807, 2.05) is 12.1 Å². The highest BCUT2D eigenvalue weighted by Gasteiger charge is 2.28. The van der Waals surface area contributed by atoms with Crippen molar-refractivity contribution in [2.45, 2.75) is 38.3 Å². The Balaban J connectivity index is 1.58. The summed E-state index contributed by atoms with van der Waals surface area (Å²) in [5, 5.41) is 13.2. The van der Waals surface area contributed by atoms with Crippen molar-refractivity contribution in [3.8, 4) is 5.75 Å². The summed E-state index contributed by atoms with van der Waals surface area (Å²) in [7, 11) is 0. The molecule has 19 heavy (non-hydrogen) atoms. The van der Waals surface area contributed by atoms with Crippen molar-refractivity contribution in [3.63, 3.8) is 0 Å². The maximum Gasteiger partial charge on any atom is 0.115 e. The Labute approximate surface area is 115 Å². The molecule has 0 aromatic heterocycles. The quantitative estimate of drug-likeness (QED) is 0.876. The molecule has 0 saturated carbocycles. The zero-order valence-corrected chi connectivity index (χ0v) is 11.5. The van der Waals surface area contributed by atoms with Gasteiger partial charge in [0.05, 0.1) is 0 Å². The van der Waals surface area contributed by atoms with Gasteiger partial charge < -0.3 is 10.4 Å². The molecule has 3 heteroatoms. The van der Waals surface area contributed by atoms with Crippen molar-refractivity contribution in [1.29, 1.82) is 0 Å². The predicted octanol–water partition coefficient (Wildman–Crippen LogP) is 2.36. The molecule has 3 rings (SSSR count). The minimum absolute atomic E-state index is 0.378. The predicted molar refractivity (Wildman–Crippen MR) is 77.1 cm³/mol. The SMILES string of the molecule is Oc1cccc(CN2CCCC(C3CCCN3)C2)c1. The molecule has 1 aromatic carbocycles. The fraction of sp³-hybridized carbons (Fsp3) is 0.625. The van der Waals surface area contributed by atoms with Crippen molar-refractivity contribution in [3.05, 3.63) is 29.8 Å². The van der Waals surface area contributed by atoms with Gasteiger partial charge in [0.1, 0.15) is 5.75 Å². The third-order valence-corrected chi connectivity index (χ3v) is 4.53. The van der Waals surface area contributed by atoms with Gasteiger partial charge in [0, 0.05) is 19.1 Å². The summed E-state index contributed by atoms with van der Waals surface area (Å²) in [6, 6.07) is 8.41. The number of phenolic OH excluding ortho intramolecular Hbond substituents is 1. The van der Waals surface area contributed by atoms with Crippen molar-refractivity contribution in [1.82, 2.24) is 10.2 Å². The van der Waals surface area contributed by atoms with Crippen LogP contribution in [0.5, 0.6) is 5.75 Å². The van der Waals surface area contributed by atoms with Gasteiger partial charge in [-0.3, -0.25) is 4.90 Å². The summed E-state index contributed by atoms with van der Waals surface area (Å²) in [6.07, 6.45) is 5.37. The molecule has 0 radical (unpaired) electrons. The third kappa shape index (κ3) is 3.28. The number of hydrogen-bond donors (Lipinski definition) is 2. The van der Waals surface area contributed by atoms with E-state index < -0.39 is 0 Å². The van der Waals surface area contributed by atoms with E-state index in [0.717, 1.165) is 18.5 Å². The fourth-order valence-electron chi connectivity index (χ4n) is 3.59. The van der Waals surface area contributed by atoms with Crippen LogP contribution in [-0.2, 0) is 6.54 Å². The maximum atomic E-state index is 9.54. The van der Waals surface area contributed by atoms with Crippen molar-refractivity contribution < 1.29 is 5.11 Å². The van der Waals surface area contributed by atoms with Gasteiger partial charge in [0.2, 0.25) is 0 Å². The second-order valence-electron chi connectivity index (χ2n) is 6.01. The van der Waals surface area contributed by atoms with Crippen LogP contribution in [0.4, 0.5) is 0 Å². The van der Waals surface area contributed by atoms with Crippen LogP contribution < -0.4 is 5.32 Å². The molecule has 2 atom stereocenters. The number of likely N-dealkylation sites (tertiary alicyclic amines) is 1. The summed E-state index contributed by atoms with van der Waals surface area (Å²) in [5.74, 6) is 1.19. The molecule has 3 nitrogen and oxygen atoms in total. The highest BCUT2D eigenvalue weighted by atomic mass is 16.3. The molecule has 2 fully saturated rings. The first-order chi connectivity index (χ1) is 9.31. The van der Waals surface area contributed by atoms with Gasteiger partial charge in [-0.15, -0.1) is 0 Å². The molecule has 2 unspecified atom stereocenters. The number of piperidine rings is 1. The standard InChI is InChI=1S/C16H24N2O/c19-15-6-1-4-13(10-15)11-18-9-3-5-14(12-18)16-7-2-8-17-16/h1,4,6,10,14,16-17,19H,2-3,5,7-9,11-12H2. The lowest BCUT2D eigenvalue weighted by Gasteiger charge is -2.35. The number of hydrogen-bond acceptors (Lipinski definition) is 3. The van der Waals surface area contributed by atoms with Gasteiger partial charge in [-0.1, -0.05) is 12.1 Å². The number of nitrogens with one attached hydrogen (secondary N) is 1. The van der Waals surface area contributed by atoms with Crippen LogP contribution in [-0.4, -0.2) is 35.7 Å². The number of phenols is 1. The van der Waals surface area contributed by atoms with E-state index >= 15 is 0 Å². The Kier molecular flexibility index (Phi) is 4.04. The molecule has 1 aromatic rings. The molecule has 0 aliphatic carbocycles. The zero-order valence-electron chi connectivity index (χ0n) is 11.5. The third-order valence-electron chi connectivity index (χ3n) is 4.53. The van der Waals surface area contributed by atoms with Gasteiger partial charge in [-0.2, -0.15) is 0 Å². The average Bonchev–Trinajstić information content (AvgIpc) is 2.93. The van der Waals surface area contributed by atoms with E-state index in [2.05, 4.69) is 16.3 Å². The molecule has 2 saturated heterocycles. The molecule has 104 valence electrons. The second-order valence-corrected chi connectivity index (χ2v) is 6.01. The van der Waals surface area contributed by atoms with Crippen LogP contribution in [0.1, 0.15) is 31.2 Å². The summed E-state index contributed by atoms with van der Waals surface area (Å²) in [5.41, 5.74) is 1.22. The topological polar surface area (TPSA) is 35.5 Å². The van der Waals surface area contributed by atoms with Crippen LogP contribution in [0.2, 0.25) is 0 Å². The molecule has 0 spiro atoms. The highest BCUT2D eigenvalue weighted by Crippen LogP contribution is 2.26. The van der Waals surface area contributed by atoms with E-state index in [4.69, 9.17) is 0 Å². The maximum absolute atomic E-state index is 9.54. The van der Waals surface area contributed by atoms with E-state index in [0.29, 0.717) is 5.75 Å². The first-order valence-electron chi connectivity index (χ1n) is 7.55. The number of nitrogens with zero attached hydrogens (tertiary/aromatic N) is 1. The highest BCUT2D eigenvalue weighted by molar-refractivity contribution is 5.27. The Morgan fingerprint density at radius 1 is 1.26 bits per heavy atom. The number of aromatic hydroxyl groups is 1. The molecule has 2 aliphatic heterocycles. The van der Waals surface area contributed by atoms with Gasteiger partial charge in [-0.25, -0.2) is 0 Å². The van der Waals surface area contributed by atoms with Crippen molar-refractivity contribution in [2.75, 3.05) is 19.6 Å². The van der Waals surface area contributed by atoms with Crippen LogP contribution >= 0.6 is 0 Å². The lowest BCUT2D eigenvalue weighted by molar-refractivity contribution is 0.145. The van der Waals surface area contributed by atoms with Crippen molar-refractivity contribution >= 4 is 0 Å². The lowest BCUT2D eigenvalue weighted by Crippen LogP contribution is -2.43. The van der Waals surface area contributed by atoms with Crippen LogP contribution in [0.15, 0.2) is 24.3 Å².